The summed E-state index contributed by atoms with van der Waals surface area (Å²) in [5.74, 6) is -0.939. The number of carbonyl (C=O) groups excluding carboxylic acids is 2. The van der Waals surface area contributed by atoms with Gasteiger partial charge in [-0.3, -0.25) is 14.6 Å². The Kier molecular flexibility index (Phi) is 7.05. The smallest absolute Gasteiger partial charge is 0.253 e. The lowest BCUT2D eigenvalue weighted by Crippen LogP contribution is -2.26. The predicted octanol–water partition coefficient (Wildman–Crippen LogP) is 3.51. The van der Waals surface area contributed by atoms with Gasteiger partial charge in [0.1, 0.15) is 5.82 Å². The van der Waals surface area contributed by atoms with Crippen LogP contribution in [0, 0.1) is 5.82 Å². The fourth-order valence-electron chi connectivity index (χ4n) is 2.82. The van der Waals surface area contributed by atoms with Gasteiger partial charge in [-0.25, -0.2) is 4.39 Å². The van der Waals surface area contributed by atoms with Crippen molar-refractivity contribution in [2.45, 2.75) is 19.4 Å². The van der Waals surface area contributed by atoms with Crippen LogP contribution in [0.25, 0.3) is 0 Å². The Morgan fingerprint density at radius 3 is 2.17 bits per heavy atom. The van der Waals surface area contributed by atoms with E-state index in [9.17, 15) is 14.0 Å². The monoisotopic (exact) mass is 391 g/mol. The van der Waals surface area contributed by atoms with Gasteiger partial charge < -0.3 is 10.6 Å². The standard InChI is InChI=1S/C23H22FN3O2/c24-21-10-8-18(9-11-21)14-27-23(29)20-13-19(15-25-16-20)22(28)26-12-4-7-17-5-2-1-3-6-17/h1-3,5-6,8-11,13,15-16H,4,7,12,14H2,(H,26,28)(H,27,29). The lowest BCUT2D eigenvalue weighted by Gasteiger charge is -2.08. The maximum Gasteiger partial charge on any atom is 0.253 e. The van der Waals surface area contributed by atoms with Crippen molar-refractivity contribution in [1.29, 1.82) is 0 Å². The maximum absolute atomic E-state index is 12.9. The summed E-state index contributed by atoms with van der Waals surface area (Å²) in [6.07, 6.45) is 4.54. The van der Waals surface area contributed by atoms with Crippen LogP contribution in [0.3, 0.4) is 0 Å². The van der Waals surface area contributed by atoms with Crippen LogP contribution in [-0.2, 0) is 13.0 Å². The number of nitrogens with one attached hydrogen (secondary N) is 2. The first kappa shape index (κ1) is 20.2. The van der Waals surface area contributed by atoms with Gasteiger partial charge in [0.2, 0.25) is 0 Å². The van der Waals surface area contributed by atoms with Gasteiger partial charge >= 0.3 is 0 Å². The third-order valence-electron chi connectivity index (χ3n) is 4.40. The lowest BCUT2D eigenvalue weighted by molar-refractivity contribution is 0.0950. The maximum atomic E-state index is 12.9. The molecule has 0 unspecified atom stereocenters. The largest absolute Gasteiger partial charge is 0.352 e. The van der Waals surface area contributed by atoms with Crippen molar-refractivity contribution in [2.75, 3.05) is 6.54 Å². The predicted molar refractivity (Wildman–Crippen MR) is 109 cm³/mol. The molecule has 148 valence electrons. The Hall–Kier alpha value is -3.54. The molecule has 2 aromatic carbocycles. The van der Waals surface area contributed by atoms with Crippen molar-refractivity contribution < 1.29 is 14.0 Å². The van der Waals surface area contributed by atoms with Gasteiger partial charge in [-0.05, 0) is 42.2 Å². The Morgan fingerprint density at radius 1 is 0.828 bits per heavy atom. The number of rotatable bonds is 8. The van der Waals surface area contributed by atoms with E-state index in [0.29, 0.717) is 17.7 Å². The normalized spacial score (nSPS) is 10.4. The first-order valence-corrected chi connectivity index (χ1v) is 9.41. The molecule has 0 fully saturated rings. The molecular formula is C23H22FN3O2. The molecule has 0 bridgehead atoms. The number of pyridine rings is 1. The van der Waals surface area contributed by atoms with E-state index in [2.05, 4.69) is 27.8 Å². The zero-order chi connectivity index (χ0) is 20.5. The van der Waals surface area contributed by atoms with E-state index < -0.39 is 0 Å². The SMILES string of the molecule is O=C(NCCCc1ccccc1)c1cncc(C(=O)NCc2ccc(F)cc2)c1. The summed E-state index contributed by atoms with van der Waals surface area (Å²) in [6, 6.07) is 17.5. The number of aryl methyl sites for hydroxylation is 1. The number of carbonyl (C=O) groups is 2. The average Bonchev–Trinajstić information content (AvgIpc) is 2.77. The van der Waals surface area contributed by atoms with E-state index >= 15 is 0 Å². The summed E-state index contributed by atoms with van der Waals surface area (Å²) < 4.78 is 12.9. The molecule has 0 radical (unpaired) electrons. The van der Waals surface area contributed by atoms with Gasteiger partial charge in [0.05, 0.1) is 11.1 Å². The van der Waals surface area contributed by atoms with E-state index in [1.165, 1.54) is 36.2 Å². The fraction of sp³-hybridized carbons (Fsp3) is 0.174. The quantitative estimate of drug-likeness (QED) is 0.577. The third-order valence-corrected chi connectivity index (χ3v) is 4.40. The molecule has 1 aromatic heterocycles. The highest BCUT2D eigenvalue weighted by atomic mass is 19.1. The van der Waals surface area contributed by atoms with E-state index in [-0.39, 0.29) is 24.2 Å². The van der Waals surface area contributed by atoms with Crippen molar-refractivity contribution in [3.63, 3.8) is 0 Å². The molecule has 0 atom stereocenters. The van der Waals surface area contributed by atoms with E-state index in [1.807, 2.05) is 18.2 Å². The molecule has 0 saturated carbocycles. The van der Waals surface area contributed by atoms with Crippen LogP contribution in [-0.4, -0.2) is 23.3 Å². The first-order chi connectivity index (χ1) is 14.1. The molecule has 5 nitrogen and oxygen atoms in total. The molecule has 3 aromatic rings. The zero-order valence-electron chi connectivity index (χ0n) is 15.9. The van der Waals surface area contributed by atoms with Crippen molar-refractivity contribution in [2.24, 2.45) is 0 Å². The Morgan fingerprint density at radius 2 is 1.48 bits per heavy atom. The molecule has 1 heterocycles. The van der Waals surface area contributed by atoms with Gasteiger partial charge in [0.25, 0.3) is 11.8 Å². The average molecular weight is 391 g/mol. The second-order valence-electron chi connectivity index (χ2n) is 6.62. The number of halogens is 1. The Bertz CT molecular complexity index is 959. The molecule has 0 aliphatic heterocycles. The molecule has 29 heavy (non-hydrogen) atoms. The van der Waals surface area contributed by atoms with Crippen LogP contribution >= 0.6 is 0 Å². The molecule has 0 aliphatic carbocycles. The van der Waals surface area contributed by atoms with E-state index in [0.717, 1.165) is 18.4 Å². The number of nitrogens with zero attached hydrogens (tertiary/aromatic N) is 1. The van der Waals surface area contributed by atoms with Crippen molar-refractivity contribution in [3.8, 4) is 0 Å². The minimum Gasteiger partial charge on any atom is -0.352 e. The van der Waals surface area contributed by atoms with Crippen LogP contribution in [0.5, 0.6) is 0 Å². The first-order valence-electron chi connectivity index (χ1n) is 9.41. The van der Waals surface area contributed by atoms with Gasteiger partial charge in [0.15, 0.2) is 0 Å². The highest BCUT2D eigenvalue weighted by Crippen LogP contribution is 2.06. The molecule has 2 N–H and O–H groups in total. The van der Waals surface area contributed by atoms with Crippen molar-refractivity contribution >= 4 is 11.8 Å². The van der Waals surface area contributed by atoms with Crippen LogP contribution < -0.4 is 10.6 Å². The fourth-order valence-corrected chi connectivity index (χ4v) is 2.82. The van der Waals surface area contributed by atoms with Crippen LogP contribution in [0.2, 0.25) is 0 Å². The Labute approximate surface area is 169 Å². The molecule has 6 heteroatoms. The van der Waals surface area contributed by atoms with Gasteiger partial charge in [0, 0.05) is 25.5 Å². The number of aromatic nitrogens is 1. The van der Waals surface area contributed by atoms with Crippen LogP contribution in [0.4, 0.5) is 4.39 Å². The number of amides is 2. The minimum absolute atomic E-state index is 0.259. The number of hydrogen-bond donors (Lipinski definition) is 2. The van der Waals surface area contributed by atoms with Crippen LogP contribution in [0.15, 0.2) is 73.1 Å². The number of benzene rings is 2. The topological polar surface area (TPSA) is 71.1 Å². The van der Waals surface area contributed by atoms with Crippen molar-refractivity contribution in [3.05, 3.63) is 101 Å². The third kappa shape index (κ3) is 6.24. The summed E-state index contributed by atoms with van der Waals surface area (Å²) in [5.41, 5.74) is 2.63. The summed E-state index contributed by atoms with van der Waals surface area (Å²) in [7, 11) is 0. The summed E-state index contributed by atoms with van der Waals surface area (Å²) in [5, 5.41) is 5.59. The lowest BCUT2D eigenvalue weighted by atomic mass is 10.1. The highest BCUT2D eigenvalue weighted by Gasteiger charge is 2.11. The second-order valence-corrected chi connectivity index (χ2v) is 6.62. The van der Waals surface area contributed by atoms with Gasteiger partial charge in [-0.2, -0.15) is 0 Å². The zero-order valence-corrected chi connectivity index (χ0v) is 15.9. The van der Waals surface area contributed by atoms with Gasteiger partial charge in [-0.15, -0.1) is 0 Å². The van der Waals surface area contributed by atoms with E-state index in [1.54, 1.807) is 12.1 Å². The van der Waals surface area contributed by atoms with Crippen LogP contribution in [0.1, 0.15) is 38.3 Å². The molecule has 0 spiro atoms. The molecule has 2 amide bonds. The highest BCUT2D eigenvalue weighted by molar-refractivity contribution is 5.99. The van der Waals surface area contributed by atoms with Gasteiger partial charge in [-0.1, -0.05) is 42.5 Å². The van der Waals surface area contributed by atoms with E-state index in [4.69, 9.17) is 0 Å². The molecule has 0 aliphatic rings. The summed E-state index contributed by atoms with van der Waals surface area (Å²) >= 11 is 0. The second kappa shape index (κ2) is 10.1. The number of hydrogen-bond acceptors (Lipinski definition) is 3. The summed E-state index contributed by atoms with van der Waals surface area (Å²) in [6.45, 7) is 0.795. The van der Waals surface area contributed by atoms with Crippen molar-refractivity contribution in [1.82, 2.24) is 15.6 Å². The molecular weight excluding hydrogens is 369 g/mol. The molecule has 0 saturated heterocycles. The summed E-state index contributed by atoms with van der Waals surface area (Å²) in [4.78, 5) is 28.6. The molecule has 3 rings (SSSR count). The Balaban J connectivity index is 1.49. The minimum atomic E-state index is -0.347.